The van der Waals surface area contributed by atoms with Crippen LogP contribution in [-0.2, 0) is 11.2 Å². The lowest BCUT2D eigenvalue weighted by molar-refractivity contribution is -0.138. The third kappa shape index (κ3) is 2.06. The molecule has 0 aliphatic carbocycles. The Balaban J connectivity index is 2.59. The van der Waals surface area contributed by atoms with Crippen LogP contribution < -0.4 is 5.73 Å². The predicted octanol–water partition coefficient (Wildman–Crippen LogP) is 1.73. The van der Waals surface area contributed by atoms with Crippen molar-refractivity contribution >= 4 is 32.8 Å². The number of halogens is 2. The van der Waals surface area contributed by atoms with Gasteiger partial charge < -0.3 is 16.0 Å². The molecule has 0 fully saturated rings. The quantitative estimate of drug-likeness (QED) is 0.752. The SMILES string of the molecule is NC(Cc1cn(O)c2c(F)ccc(Br)c12)C(=O)O. The molecule has 0 aliphatic rings. The minimum Gasteiger partial charge on any atom is -0.480 e. The molecule has 1 aromatic carbocycles. The number of carboxylic acid groups (broad SMARTS) is 1. The average Bonchev–Trinajstić information content (AvgIpc) is 2.62. The van der Waals surface area contributed by atoms with Crippen molar-refractivity contribution < 1.29 is 19.5 Å². The Kier molecular flexibility index (Phi) is 3.27. The van der Waals surface area contributed by atoms with Crippen LogP contribution in [0, 0.1) is 5.82 Å². The summed E-state index contributed by atoms with van der Waals surface area (Å²) in [5.41, 5.74) is 5.90. The molecule has 0 saturated heterocycles. The molecule has 0 bridgehead atoms. The molecule has 0 aliphatic heterocycles. The summed E-state index contributed by atoms with van der Waals surface area (Å²) in [6.07, 6.45) is 1.27. The first kappa shape index (κ1) is 12.8. The van der Waals surface area contributed by atoms with Crippen LogP contribution in [0.25, 0.3) is 10.9 Å². The van der Waals surface area contributed by atoms with E-state index in [2.05, 4.69) is 15.9 Å². The van der Waals surface area contributed by atoms with Crippen LogP contribution in [0.4, 0.5) is 4.39 Å². The summed E-state index contributed by atoms with van der Waals surface area (Å²) in [7, 11) is 0. The summed E-state index contributed by atoms with van der Waals surface area (Å²) in [4.78, 5) is 10.7. The minimum absolute atomic E-state index is 0.00144. The van der Waals surface area contributed by atoms with E-state index in [0.717, 1.165) is 0 Å². The minimum atomic E-state index is -1.15. The number of aromatic nitrogens is 1. The van der Waals surface area contributed by atoms with E-state index >= 15 is 0 Å². The third-order valence-electron chi connectivity index (χ3n) is 2.66. The number of hydrogen-bond acceptors (Lipinski definition) is 3. The van der Waals surface area contributed by atoms with Crippen molar-refractivity contribution in [3.8, 4) is 0 Å². The fraction of sp³-hybridized carbons (Fsp3) is 0.182. The van der Waals surface area contributed by atoms with Gasteiger partial charge in [0.05, 0.1) is 0 Å². The maximum Gasteiger partial charge on any atom is 0.320 e. The largest absolute Gasteiger partial charge is 0.480 e. The smallest absolute Gasteiger partial charge is 0.320 e. The monoisotopic (exact) mass is 316 g/mol. The van der Waals surface area contributed by atoms with Crippen LogP contribution in [0.1, 0.15) is 5.56 Å². The molecule has 1 aromatic heterocycles. The fourth-order valence-electron chi connectivity index (χ4n) is 1.83. The van der Waals surface area contributed by atoms with Gasteiger partial charge in [-0.1, -0.05) is 15.9 Å². The van der Waals surface area contributed by atoms with E-state index in [4.69, 9.17) is 10.8 Å². The maximum atomic E-state index is 13.6. The lowest BCUT2D eigenvalue weighted by atomic mass is 10.1. The number of aliphatic carboxylic acids is 1. The highest BCUT2D eigenvalue weighted by atomic mass is 79.9. The molecule has 7 heteroatoms. The van der Waals surface area contributed by atoms with Gasteiger partial charge in [-0.25, -0.2) is 4.39 Å². The van der Waals surface area contributed by atoms with Crippen molar-refractivity contribution in [2.75, 3.05) is 0 Å². The molecule has 2 rings (SSSR count). The third-order valence-corrected chi connectivity index (χ3v) is 3.32. The molecule has 0 saturated carbocycles. The fourth-order valence-corrected chi connectivity index (χ4v) is 2.40. The summed E-state index contributed by atoms with van der Waals surface area (Å²) in [5.74, 6) is -1.74. The molecule has 96 valence electrons. The van der Waals surface area contributed by atoms with Crippen molar-refractivity contribution in [1.29, 1.82) is 0 Å². The van der Waals surface area contributed by atoms with Crippen LogP contribution >= 0.6 is 15.9 Å². The lowest BCUT2D eigenvalue weighted by Gasteiger charge is -2.05. The maximum absolute atomic E-state index is 13.6. The number of carbonyl (C=O) groups is 1. The highest BCUT2D eigenvalue weighted by molar-refractivity contribution is 9.10. The van der Waals surface area contributed by atoms with Gasteiger partial charge in [0.1, 0.15) is 11.6 Å². The van der Waals surface area contributed by atoms with Crippen molar-refractivity contribution in [2.24, 2.45) is 5.73 Å². The molecule has 0 spiro atoms. The van der Waals surface area contributed by atoms with Gasteiger partial charge in [-0.05, 0) is 17.7 Å². The zero-order valence-electron chi connectivity index (χ0n) is 9.10. The molecule has 18 heavy (non-hydrogen) atoms. The Bertz CT molecular complexity index is 626. The Hall–Kier alpha value is -1.60. The highest BCUT2D eigenvalue weighted by Gasteiger charge is 2.19. The first-order valence-corrected chi connectivity index (χ1v) is 5.86. The van der Waals surface area contributed by atoms with Crippen molar-refractivity contribution in [3.63, 3.8) is 0 Å². The Morgan fingerprint density at radius 1 is 1.56 bits per heavy atom. The normalized spacial score (nSPS) is 12.8. The van der Waals surface area contributed by atoms with Crippen LogP contribution in [0.5, 0.6) is 0 Å². The topological polar surface area (TPSA) is 88.5 Å². The summed E-state index contributed by atoms with van der Waals surface area (Å²) < 4.78 is 14.8. The van der Waals surface area contributed by atoms with Crippen LogP contribution in [0.3, 0.4) is 0 Å². The van der Waals surface area contributed by atoms with E-state index in [9.17, 15) is 14.4 Å². The number of nitrogens with two attached hydrogens (primary N) is 1. The number of benzene rings is 1. The summed E-state index contributed by atoms with van der Waals surface area (Å²) >= 11 is 3.24. The first-order valence-electron chi connectivity index (χ1n) is 5.07. The number of rotatable bonds is 3. The van der Waals surface area contributed by atoms with E-state index in [0.29, 0.717) is 20.2 Å². The van der Waals surface area contributed by atoms with Gasteiger partial charge in [-0.3, -0.25) is 4.79 Å². The highest BCUT2D eigenvalue weighted by Crippen LogP contribution is 2.31. The van der Waals surface area contributed by atoms with Crippen LogP contribution in [0.2, 0.25) is 0 Å². The van der Waals surface area contributed by atoms with Crippen molar-refractivity contribution in [2.45, 2.75) is 12.5 Å². The van der Waals surface area contributed by atoms with Gasteiger partial charge in [0, 0.05) is 22.5 Å². The zero-order valence-corrected chi connectivity index (χ0v) is 10.7. The van der Waals surface area contributed by atoms with E-state index in [-0.39, 0.29) is 11.9 Å². The summed E-state index contributed by atoms with van der Waals surface area (Å²) in [5, 5.41) is 18.8. The van der Waals surface area contributed by atoms with Gasteiger partial charge >= 0.3 is 5.97 Å². The molecule has 4 N–H and O–H groups in total. The van der Waals surface area contributed by atoms with Gasteiger partial charge in [-0.2, -0.15) is 4.73 Å². The van der Waals surface area contributed by atoms with Crippen molar-refractivity contribution in [1.82, 2.24) is 4.73 Å². The Morgan fingerprint density at radius 2 is 2.22 bits per heavy atom. The van der Waals surface area contributed by atoms with Gasteiger partial charge in [0.25, 0.3) is 0 Å². The van der Waals surface area contributed by atoms with E-state index in [1.54, 1.807) is 0 Å². The van der Waals surface area contributed by atoms with Gasteiger partial charge in [0.15, 0.2) is 5.82 Å². The molecule has 2 aromatic rings. The summed E-state index contributed by atoms with van der Waals surface area (Å²) in [6, 6.07) is 1.60. The van der Waals surface area contributed by atoms with E-state index in [1.807, 2.05) is 0 Å². The van der Waals surface area contributed by atoms with E-state index < -0.39 is 17.8 Å². The molecule has 1 heterocycles. The summed E-state index contributed by atoms with van der Waals surface area (Å²) in [6.45, 7) is 0. The van der Waals surface area contributed by atoms with Crippen LogP contribution in [0.15, 0.2) is 22.8 Å². The number of nitrogens with zero attached hydrogens (tertiary/aromatic N) is 1. The molecular weight excluding hydrogens is 307 g/mol. The zero-order chi connectivity index (χ0) is 13.4. The first-order chi connectivity index (χ1) is 8.41. The Morgan fingerprint density at radius 3 is 2.83 bits per heavy atom. The average molecular weight is 317 g/mol. The molecule has 1 atom stereocenters. The van der Waals surface area contributed by atoms with Gasteiger partial charge in [-0.15, -0.1) is 0 Å². The standard InChI is InChI=1S/C11H10BrFN2O3/c12-6-1-2-7(13)10-9(6)5(4-15(10)18)3-8(14)11(16)17/h1-2,4,8,18H,3,14H2,(H,16,17). The number of hydrogen-bond donors (Lipinski definition) is 3. The molecule has 5 nitrogen and oxygen atoms in total. The molecule has 1 unspecified atom stereocenters. The molecule has 0 amide bonds. The lowest BCUT2D eigenvalue weighted by Crippen LogP contribution is -2.32. The van der Waals surface area contributed by atoms with Crippen molar-refractivity contribution in [3.05, 3.63) is 34.2 Å². The number of carboxylic acids is 1. The van der Waals surface area contributed by atoms with Crippen LogP contribution in [-0.4, -0.2) is 27.1 Å². The Labute approximate surface area is 110 Å². The van der Waals surface area contributed by atoms with E-state index in [1.165, 1.54) is 18.3 Å². The second-order valence-electron chi connectivity index (χ2n) is 3.90. The second kappa shape index (κ2) is 4.58. The number of fused-ring (bicyclic) bond motifs is 1. The second-order valence-corrected chi connectivity index (χ2v) is 4.75. The van der Waals surface area contributed by atoms with Gasteiger partial charge in [0.2, 0.25) is 0 Å². The molecule has 0 radical (unpaired) electrons. The predicted molar refractivity (Wildman–Crippen MR) is 66.1 cm³/mol. The molecular formula is C11H10BrFN2O3.